The molecule has 1 aliphatic heterocycles. The van der Waals surface area contributed by atoms with Crippen LogP contribution in [0.2, 0.25) is 10.0 Å². The standard InChI is InChI=1S/C13H13Cl2N3/c14-10-1-2-12(11(15)5-10)18-8-17-7-13(18)9-3-4-16-6-9/h1-2,5,7-9,16H,3-4,6H2. The van der Waals surface area contributed by atoms with Crippen molar-refractivity contribution in [3.63, 3.8) is 0 Å². The number of rotatable bonds is 2. The van der Waals surface area contributed by atoms with Gasteiger partial charge in [0, 0.05) is 29.4 Å². The number of imidazole rings is 1. The molecule has 0 amide bonds. The zero-order chi connectivity index (χ0) is 12.5. The van der Waals surface area contributed by atoms with Gasteiger partial charge in [0.1, 0.15) is 0 Å². The smallest absolute Gasteiger partial charge is 0.0994 e. The molecule has 1 atom stereocenters. The summed E-state index contributed by atoms with van der Waals surface area (Å²) in [5.74, 6) is 0.499. The molecular formula is C13H13Cl2N3. The van der Waals surface area contributed by atoms with Crippen LogP contribution < -0.4 is 5.32 Å². The van der Waals surface area contributed by atoms with Gasteiger partial charge in [-0.2, -0.15) is 0 Å². The van der Waals surface area contributed by atoms with Crippen molar-refractivity contribution in [1.29, 1.82) is 0 Å². The second-order valence-corrected chi connectivity index (χ2v) is 5.32. The largest absolute Gasteiger partial charge is 0.316 e. The van der Waals surface area contributed by atoms with Gasteiger partial charge in [0.25, 0.3) is 0 Å². The highest BCUT2D eigenvalue weighted by atomic mass is 35.5. The molecule has 0 radical (unpaired) electrons. The summed E-state index contributed by atoms with van der Waals surface area (Å²) in [6, 6.07) is 5.53. The van der Waals surface area contributed by atoms with Crippen molar-refractivity contribution in [2.45, 2.75) is 12.3 Å². The lowest BCUT2D eigenvalue weighted by atomic mass is 10.1. The molecule has 0 spiro atoms. The third-order valence-corrected chi connectivity index (χ3v) is 3.85. The van der Waals surface area contributed by atoms with Crippen molar-refractivity contribution in [3.8, 4) is 5.69 Å². The molecule has 3 rings (SSSR count). The molecular weight excluding hydrogens is 269 g/mol. The number of hydrogen-bond acceptors (Lipinski definition) is 2. The van der Waals surface area contributed by atoms with E-state index in [4.69, 9.17) is 23.2 Å². The lowest BCUT2D eigenvalue weighted by molar-refractivity contribution is 0.714. The first kappa shape index (κ1) is 12.0. The Morgan fingerprint density at radius 3 is 2.94 bits per heavy atom. The Labute approximate surface area is 116 Å². The number of halogens is 2. The highest BCUT2D eigenvalue weighted by Gasteiger charge is 2.21. The monoisotopic (exact) mass is 281 g/mol. The van der Waals surface area contributed by atoms with Gasteiger partial charge >= 0.3 is 0 Å². The molecule has 1 unspecified atom stereocenters. The zero-order valence-electron chi connectivity index (χ0n) is 9.74. The third kappa shape index (κ3) is 2.14. The van der Waals surface area contributed by atoms with Gasteiger partial charge < -0.3 is 9.88 Å². The number of aromatic nitrogens is 2. The average Bonchev–Trinajstić information content (AvgIpc) is 2.98. The van der Waals surface area contributed by atoms with E-state index in [2.05, 4.69) is 14.9 Å². The number of hydrogen-bond donors (Lipinski definition) is 1. The fourth-order valence-electron chi connectivity index (χ4n) is 2.39. The summed E-state index contributed by atoms with van der Waals surface area (Å²) in [7, 11) is 0. The van der Waals surface area contributed by atoms with Crippen molar-refractivity contribution in [2.24, 2.45) is 0 Å². The molecule has 1 aliphatic rings. The van der Waals surface area contributed by atoms with Gasteiger partial charge in [-0.3, -0.25) is 0 Å². The van der Waals surface area contributed by atoms with Crippen molar-refractivity contribution < 1.29 is 0 Å². The summed E-state index contributed by atoms with van der Waals surface area (Å²) in [5.41, 5.74) is 2.13. The Morgan fingerprint density at radius 2 is 2.22 bits per heavy atom. The molecule has 1 fully saturated rings. The Kier molecular flexibility index (Phi) is 3.29. The first-order chi connectivity index (χ1) is 8.75. The van der Waals surface area contributed by atoms with Crippen LogP contribution in [0.15, 0.2) is 30.7 Å². The molecule has 0 aliphatic carbocycles. The molecule has 1 aromatic carbocycles. The van der Waals surface area contributed by atoms with E-state index in [1.54, 1.807) is 6.07 Å². The van der Waals surface area contributed by atoms with Crippen LogP contribution in [-0.4, -0.2) is 22.6 Å². The second kappa shape index (κ2) is 4.92. The number of nitrogens with zero attached hydrogens (tertiary/aromatic N) is 2. The maximum atomic E-state index is 6.25. The van der Waals surface area contributed by atoms with E-state index in [1.165, 1.54) is 5.69 Å². The van der Waals surface area contributed by atoms with Crippen LogP contribution in [0.5, 0.6) is 0 Å². The Bertz CT molecular complexity index is 559. The van der Waals surface area contributed by atoms with E-state index in [0.29, 0.717) is 16.0 Å². The minimum absolute atomic E-state index is 0.499. The normalized spacial score (nSPS) is 19.3. The molecule has 2 heterocycles. The van der Waals surface area contributed by atoms with E-state index in [0.717, 1.165) is 25.2 Å². The SMILES string of the molecule is Clc1ccc(-n2cncc2C2CCNC2)c(Cl)c1. The maximum absolute atomic E-state index is 6.25. The minimum Gasteiger partial charge on any atom is -0.316 e. The van der Waals surface area contributed by atoms with Gasteiger partial charge in [-0.1, -0.05) is 23.2 Å². The Morgan fingerprint density at radius 1 is 1.33 bits per heavy atom. The molecule has 1 saturated heterocycles. The Hall–Kier alpha value is -1.03. The third-order valence-electron chi connectivity index (χ3n) is 3.31. The fraction of sp³-hybridized carbons (Fsp3) is 0.308. The molecule has 5 heteroatoms. The molecule has 18 heavy (non-hydrogen) atoms. The number of benzene rings is 1. The lowest BCUT2D eigenvalue weighted by Gasteiger charge is -2.14. The summed E-state index contributed by atoms with van der Waals surface area (Å²) >= 11 is 12.2. The van der Waals surface area contributed by atoms with Crippen LogP contribution in [0.4, 0.5) is 0 Å². The van der Waals surface area contributed by atoms with Gasteiger partial charge in [-0.05, 0) is 31.2 Å². The molecule has 94 valence electrons. The second-order valence-electron chi connectivity index (χ2n) is 4.47. The quantitative estimate of drug-likeness (QED) is 0.916. The van der Waals surface area contributed by atoms with Crippen LogP contribution in [0.25, 0.3) is 5.69 Å². The summed E-state index contributed by atoms with van der Waals surface area (Å²) in [6.45, 7) is 2.06. The number of nitrogens with one attached hydrogen (secondary N) is 1. The highest BCUT2D eigenvalue weighted by molar-refractivity contribution is 6.35. The molecule has 0 saturated carbocycles. The lowest BCUT2D eigenvalue weighted by Crippen LogP contribution is -2.10. The van der Waals surface area contributed by atoms with E-state index >= 15 is 0 Å². The molecule has 3 nitrogen and oxygen atoms in total. The van der Waals surface area contributed by atoms with Crippen LogP contribution in [0, 0.1) is 0 Å². The van der Waals surface area contributed by atoms with Crippen molar-refractivity contribution in [2.75, 3.05) is 13.1 Å². The Balaban J connectivity index is 2.03. The van der Waals surface area contributed by atoms with E-state index in [-0.39, 0.29) is 0 Å². The predicted molar refractivity (Wildman–Crippen MR) is 73.8 cm³/mol. The van der Waals surface area contributed by atoms with Crippen LogP contribution >= 0.6 is 23.2 Å². The first-order valence-corrected chi connectivity index (χ1v) is 6.69. The van der Waals surface area contributed by atoms with Crippen LogP contribution in [0.1, 0.15) is 18.0 Å². The topological polar surface area (TPSA) is 29.9 Å². The first-order valence-electron chi connectivity index (χ1n) is 5.94. The molecule has 1 aromatic heterocycles. The fourth-order valence-corrected chi connectivity index (χ4v) is 2.89. The molecule has 0 bridgehead atoms. The summed E-state index contributed by atoms with van der Waals surface area (Å²) in [6.07, 6.45) is 4.86. The molecule has 1 N–H and O–H groups in total. The van der Waals surface area contributed by atoms with Gasteiger partial charge in [0.15, 0.2) is 0 Å². The average molecular weight is 282 g/mol. The zero-order valence-corrected chi connectivity index (χ0v) is 11.2. The van der Waals surface area contributed by atoms with E-state index < -0.39 is 0 Å². The van der Waals surface area contributed by atoms with Crippen molar-refractivity contribution in [1.82, 2.24) is 14.9 Å². The predicted octanol–water partition coefficient (Wildman–Crippen LogP) is 3.26. The van der Waals surface area contributed by atoms with E-state index in [1.807, 2.05) is 24.7 Å². The van der Waals surface area contributed by atoms with Crippen LogP contribution in [0.3, 0.4) is 0 Å². The van der Waals surface area contributed by atoms with E-state index in [9.17, 15) is 0 Å². The summed E-state index contributed by atoms with van der Waals surface area (Å²) in [4.78, 5) is 4.25. The van der Waals surface area contributed by atoms with Gasteiger partial charge in [0.2, 0.25) is 0 Å². The van der Waals surface area contributed by atoms with Gasteiger partial charge in [-0.15, -0.1) is 0 Å². The van der Waals surface area contributed by atoms with Gasteiger partial charge in [0.05, 0.1) is 17.0 Å². The van der Waals surface area contributed by atoms with Crippen molar-refractivity contribution >= 4 is 23.2 Å². The van der Waals surface area contributed by atoms with Crippen LogP contribution in [-0.2, 0) is 0 Å². The molecule has 2 aromatic rings. The summed E-state index contributed by atoms with van der Waals surface area (Å²) in [5, 5.41) is 4.66. The highest BCUT2D eigenvalue weighted by Crippen LogP contribution is 2.29. The summed E-state index contributed by atoms with van der Waals surface area (Å²) < 4.78 is 2.05. The van der Waals surface area contributed by atoms with Crippen molar-refractivity contribution in [3.05, 3.63) is 46.5 Å². The minimum atomic E-state index is 0.499. The maximum Gasteiger partial charge on any atom is 0.0994 e. The van der Waals surface area contributed by atoms with Gasteiger partial charge in [-0.25, -0.2) is 4.98 Å².